The SMILES string of the molecule is CCOc1ccc(/C=C/C(=O)OCC(=O)c2ccc(F)cc2)cc1OC. The molecule has 2 rings (SSSR count). The van der Waals surface area contributed by atoms with E-state index in [1.54, 1.807) is 24.3 Å². The quantitative estimate of drug-likeness (QED) is 0.409. The maximum atomic E-state index is 12.8. The van der Waals surface area contributed by atoms with Crippen LogP contribution in [0.1, 0.15) is 22.8 Å². The molecule has 2 aromatic rings. The molecule has 26 heavy (non-hydrogen) atoms. The van der Waals surface area contributed by atoms with Gasteiger partial charge in [0.1, 0.15) is 5.82 Å². The molecule has 136 valence electrons. The number of benzene rings is 2. The predicted molar refractivity (Wildman–Crippen MR) is 94.9 cm³/mol. The average Bonchev–Trinajstić information content (AvgIpc) is 2.66. The van der Waals surface area contributed by atoms with Gasteiger partial charge < -0.3 is 14.2 Å². The van der Waals surface area contributed by atoms with E-state index in [-0.39, 0.29) is 5.56 Å². The molecule has 0 spiro atoms. The molecule has 0 atom stereocenters. The highest BCUT2D eigenvalue weighted by atomic mass is 19.1. The van der Waals surface area contributed by atoms with Crippen LogP contribution < -0.4 is 9.47 Å². The summed E-state index contributed by atoms with van der Waals surface area (Å²) < 4.78 is 28.4. The minimum absolute atomic E-state index is 0.277. The zero-order valence-electron chi connectivity index (χ0n) is 14.5. The number of esters is 1. The number of Topliss-reactive ketones (excluding diaryl/α,β-unsaturated/α-hetero) is 1. The Bertz CT molecular complexity index is 796. The molecule has 5 nitrogen and oxygen atoms in total. The number of hydrogen-bond acceptors (Lipinski definition) is 5. The van der Waals surface area contributed by atoms with Gasteiger partial charge in [-0.1, -0.05) is 6.07 Å². The molecular formula is C20H19FO5. The first kappa shape index (κ1) is 19.2. The number of ketones is 1. The fourth-order valence-electron chi connectivity index (χ4n) is 2.13. The van der Waals surface area contributed by atoms with Gasteiger partial charge >= 0.3 is 5.97 Å². The highest BCUT2D eigenvalue weighted by molar-refractivity contribution is 5.98. The van der Waals surface area contributed by atoms with E-state index in [0.29, 0.717) is 23.7 Å². The topological polar surface area (TPSA) is 61.8 Å². The monoisotopic (exact) mass is 358 g/mol. The molecule has 0 aliphatic heterocycles. The second kappa shape index (κ2) is 9.36. The Balaban J connectivity index is 1.92. The number of hydrogen-bond donors (Lipinski definition) is 0. The maximum Gasteiger partial charge on any atom is 0.331 e. The minimum Gasteiger partial charge on any atom is -0.493 e. The minimum atomic E-state index is -0.659. The molecular weight excluding hydrogens is 339 g/mol. The van der Waals surface area contributed by atoms with Crippen molar-refractivity contribution >= 4 is 17.8 Å². The number of carbonyl (C=O) groups excluding carboxylic acids is 2. The molecule has 0 bridgehead atoms. The third kappa shape index (κ3) is 5.44. The summed E-state index contributed by atoms with van der Waals surface area (Å²) >= 11 is 0. The molecule has 2 aromatic carbocycles. The van der Waals surface area contributed by atoms with Gasteiger partial charge in [0.2, 0.25) is 0 Å². The predicted octanol–water partition coefficient (Wildman–Crippen LogP) is 3.67. The lowest BCUT2D eigenvalue weighted by atomic mass is 10.1. The van der Waals surface area contributed by atoms with Crippen molar-refractivity contribution in [3.05, 3.63) is 65.5 Å². The lowest BCUT2D eigenvalue weighted by Crippen LogP contribution is -2.12. The van der Waals surface area contributed by atoms with E-state index in [1.165, 1.54) is 37.5 Å². The highest BCUT2D eigenvalue weighted by Gasteiger charge is 2.09. The van der Waals surface area contributed by atoms with Gasteiger partial charge in [-0.3, -0.25) is 4.79 Å². The van der Waals surface area contributed by atoms with E-state index in [4.69, 9.17) is 14.2 Å². The highest BCUT2D eigenvalue weighted by Crippen LogP contribution is 2.28. The summed E-state index contributed by atoms with van der Waals surface area (Å²) in [5, 5.41) is 0. The van der Waals surface area contributed by atoms with E-state index >= 15 is 0 Å². The van der Waals surface area contributed by atoms with Crippen LogP contribution in [0.3, 0.4) is 0 Å². The number of carbonyl (C=O) groups is 2. The van der Waals surface area contributed by atoms with Crippen molar-refractivity contribution < 1.29 is 28.2 Å². The number of methoxy groups -OCH3 is 1. The van der Waals surface area contributed by atoms with Crippen molar-refractivity contribution in [1.29, 1.82) is 0 Å². The first-order valence-electron chi connectivity index (χ1n) is 7.98. The molecule has 0 heterocycles. The molecule has 0 fully saturated rings. The van der Waals surface area contributed by atoms with Crippen molar-refractivity contribution in [2.75, 3.05) is 20.3 Å². The lowest BCUT2D eigenvalue weighted by molar-refractivity contribution is -0.136. The Morgan fingerprint density at radius 3 is 2.46 bits per heavy atom. The molecule has 0 N–H and O–H groups in total. The van der Waals surface area contributed by atoms with Crippen LogP contribution in [-0.4, -0.2) is 32.1 Å². The molecule has 0 aliphatic carbocycles. The standard InChI is InChI=1S/C20H19FO5/c1-3-25-18-10-4-14(12-19(18)24-2)5-11-20(23)26-13-17(22)15-6-8-16(21)9-7-15/h4-12H,3,13H2,1-2H3/b11-5+. The molecule has 0 saturated heterocycles. The van der Waals surface area contributed by atoms with Crippen molar-refractivity contribution in [2.24, 2.45) is 0 Å². The van der Waals surface area contributed by atoms with Crippen molar-refractivity contribution in [2.45, 2.75) is 6.92 Å². The molecule has 0 amide bonds. The molecule has 0 radical (unpaired) electrons. The first-order valence-corrected chi connectivity index (χ1v) is 7.98. The van der Waals surface area contributed by atoms with Gasteiger partial charge in [-0.25, -0.2) is 9.18 Å². The van der Waals surface area contributed by atoms with Crippen LogP contribution in [0.2, 0.25) is 0 Å². The Morgan fingerprint density at radius 2 is 1.81 bits per heavy atom. The van der Waals surface area contributed by atoms with Crippen molar-refractivity contribution in [1.82, 2.24) is 0 Å². The molecule has 6 heteroatoms. The average molecular weight is 358 g/mol. The Kier molecular flexibility index (Phi) is 6.91. The summed E-state index contributed by atoms with van der Waals surface area (Å²) in [6.45, 7) is 1.97. The number of rotatable bonds is 8. The van der Waals surface area contributed by atoms with Crippen LogP contribution in [0.5, 0.6) is 11.5 Å². The molecule has 0 unspecified atom stereocenters. The maximum absolute atomic E-state index is 12.8. The fourth-order valence-corrected chi connectivity index (χ4v) is 2.13. The first-order chi connectivity index (χ1) is 12.5. The van der Waals surface area contributed by atoms with Gasteiger partial charge in [0.15, 0.2) is 23.9 Å². The summed E-state index contributed by atoms with van der Waals surface area (Å²) in [7, 11) is 1.53. The summed E-state index contributed by atoms with van der Waals surface area (Å²) in [5.74, 6) is -0.344. The van der Waals surface area contributed by atoms with E-state index < -0.39 is 24.2 Å². The van der Waals surface area contributed by atoms with E-state index in [1.807, 2.05) is 6.92 Å². The summed E-state index contributed by atoms with van der Waals surface area (Å²) in [5.41, 5.74) is 0.992. The van der Waals surface area contributed by atoms with Crippen molar-refractivity contribution in [3.63, 3.8) is 0 Å². The zero-order chi connectivity index (χ0) is 18.9. The van der Waals surface area contributed by atoms with Crippen LogP contribution >= 0.6 is 0 Å². The normalized spacial score (nSPS) is 10.6. The third-order valence-corrected chi connectivity index (χ3v) is 3.41. The fraction of sp³-hybridized carbons (Fsp3) is 0.200. The number of halogens is 1. The third-order valence-electron chi connectivity index (χ3n) is 3.41. The van der Waals surface area contributed by atoms with Crippen LogP contribution in [-0.2, 0) is 9.53 Å². The smallest absolute Gasteiger partial charge is 0.331 e. The second-order valence-corrected chi connectivity index (χ2v) is 5.21. The van der Waals surface area contributed by atoms with Gasteiger partial charge in [-0.15, -0.1) is 0 Å². The van der Waals surface area contributed by atoms with Gasteiger partial charge in [-0.2, -0.15) is 0 Å². The van der Waals surface area contributed by atoms with Gasteiger partial charge in [-0.05, 0) is 55.0 Å². The van der Waals surface area contributed by atoms with Crippen LogP contribution in [0.25, 0.3) is 6.08 Å². The largest absolute Gasteiger partial charge is 0.493 e. The van der Waals surface area contributed by atoms with Crippen LogP contribution in [0.15, 0.2) is 48.5 Å². The van der Waals surface area contributed by atoms with Crippen molar-refractivity contribution in [3.8, 4) is 11.5 Å². The Labute approximate surface area is 151 Å². The summed E-state index contributed by atoms with van der Waals surface area (Å²) in [6.07, 6.45) is 2.76. The van der Waals surface area contributed by atoms with Crippen LogP contribution in [0, 0.1) is 5.82 Å². The van der Waals surface area contributed by atoms with E-state index in [2.05, 4.69) is 0 Å². The number of ether oxygens (including phenoxy) is 3. The lowest BCUT2D eigenvalue weighted by Gasteiger charge is -2.09. The van der Waals surface area contributed by atoms with Gasteiger partial charge in [0, 0.05) is 11.6 Å². The van der Waals surface area contributed by atoms with Gasteiger partial charge in [0.05, 0.1) is 13.7 Å². The zero-order valence-corrected chi connectivity index (χ0v) is 14.5. The van der Waals surface area contributed by atoms with Gasteiger partial charge in [0.25, 0.3) is 0 Å². The summed E-state index contributed by atoms with van der Waals surface area (Å²) in [4.78, 5) is 23.6. The van der Waals surface area contributed by atoms with Crippen LogP contribution in [0.4, 0.5) is 4.39 Å². The Hall–Kier alpha value is -3.15. The second-order valence-electron chi connectivity index (χ2n) is 5.21. The molecule has 0 aliphatic rings. The van der Waals surface area contributed by atoms with E-state index in [9.17, 15) is 14.0 Å². The molecule has 0 aromatic heterocycles. The Morgan fingerprint density at radius 1 is 1.08 bits per heavy atom. The molecule has 0 saturated carbocycles. The van der Waals surface area contributed by atoms with E-state index in [0.717, 1.165) is 0 Å². The summed E-state index contributed by atoms with van der Waals surface area (Å²) in [6, 6.07) is 10.3.